The van der Waals surface area contributed by atoms with E-state index >= 15 is 0 Å². The van der Waals surface area contributed by atoms with E-state index in [0.29, 0.717) is 5.39 Å². The van der Waals surface area contributed by atoms with Gasteiger partial charge in [-0.05, 0) is 31.2 Å². The smallest absolute Gasteiger partial charge is 0.259 e. The molecular formula is C16H12F2N2O2S. The van der Waals surface area contributed by atoms with Gasteiger partial charge in [0.05, 0.1) is 11.1 Å². The Bertz CT molecular complexity index is 962. The third kappa shape index (κ3) is 3.14. The lowest BCUT2D eigenvalue weighted by atomic mass is 10.3. The van der Waals surface area contributed by atoms with Crippen LogP contribution >= 0.6 is 11.3 Å². The highest BCUT2D eigenvalue weighted by Crippen LogP contribution is 2.21. The number of carbonyl (C=O) groups is 1. The number of aryl methyl sites for hydroxylation is 1. The van der Waals surface area contributed by atoms with Crippen LogP contribution in [0.4, 0.5) is 14.5 Å². The first-order valence-electron chi connectivity index (χ1n) is 6.78. The van der Waals surface area contributed by atoms with Gasteiger partial charge in [0.2, 0.25) is 5.91 Å². The Morgan fingerprint density at radius 3 is 2.83 bits per heavy atom. The lowest BCUT2D eigenvalue weighted by molar-refractivity contribution is -0.116. The van der Waals surface area contributed by atoms with E-state index in [9.17, 15) is 18.4 Å². The van der Waals surface area contributed by atoms with Crippen LogP contribution in [0.3, 0.4) is 0 Å². The predicted molar refractivity (Wildman–Crippen MR) is 85.8 cm³/mol. The Morgan fingerprint density at radius 2 is 2.04 bits per heavy atom. The maximum atomic E-state index is 13.5. The zero-order valence-electron chi connectivity index (χ0n) is 12.1. The predicted octanol–water partition coefficient (Wildman–Crippen LogP) is 3.29. The fourth-order valence-corrected chi connectivity index (χ4v) is 3.17. The van der Waals surface area contributed by atoms with Gasteiger partial charge in [-0.15, -0.1) is 11.3 Å². The SMILES string of the molecule is Cc1cc2c(=O)n(CC(=O)Nc3cc(F)ccc3F)ccc2s1. The second-order valence-corrected chi connectivity index (χ2v) is 6.34. The summed E-state index contributed by atoms with van der Waals surface area (Å²) in [4.78, 5) is 25.3. The zero-order chi connectivity index (χ0) is 16.6. The summed E-state index contributed by atoms with van der Waals surface area (Å²) >= 11 is 1.49. The Morgan fingerprint density at radius 1 is 1.26 bits per heavy atom. The van der Waals surface area contributed by atoms with Gasteiger partial charge >= 0.3 is 0 Å². The molecule has 7 heteroatoms. The summed E-state index contributed by atoms with van der Waals surface area (Å²) in [6, 6.07) is 6.30. The summed E-state index contributed by atoms with van der Waals surface area (Å²) in [5.41, 5.74) is -0.544. The van der Waals surface area contributed by atoms with E-state index in [0.717, 1.165) is 27.8 Å². The lowest BCUT2D eigenvalue weighted by Gasteiger charge is -2.08. The molecular weight excluding hydrogens is 322 g/mol. The van der Waals surface area contributed by atoms with Gasteiger partial charge in [-0.2, -0.15) is 0 Å². The molecule has 0 saturated carbocycles. The maximum absolute atomic E-state index is 13.5. The highest BCUT2D eigenvalue weighted by atomic mass is 32.1. The number of hydrogen-bond acceptors (Lipinski definition) is 3. The van der Waals surface area contributed by atoms with Crippen LogP contribution in [-0.4, -0.2) is 10.5 Å². The van der Waals surface area contributed by atoms with Crippen molar-refractivity contribution in [2.45, 2.75) is 13.5 Å². The molecule has 0 atom stereocenters. The van der Waals surface area contributed by atoms with Crippen molar-refractivity contribution in [3.8, 4) is 0 Å². The summed E-state index contributed by atoms with van der Waals surface area (Å²) in [6.45, 7) is 1.62. The first kappa shape index (κ1) is 15.4. The van der Waals surface area contributed by atoms with Crippen LogP contribution in [0.25, 0.3) is 10.1 Å². The van der Waals surface area contributed by atoms with Crippen LogP contribution in [0.1, 0.15) is 4.88 Å². The summed E-state index contributed by atoms with van der Waals surface area (Å²) < 4.78 is 28.7. The molecule has 0 aliphatic carbocycles. The van der Waals surface area contributed by atoms with Gasteiger partial charge in [-0.25, -0.2) is 8.78 Å². The van der Waals surface area contributed by atoms with Gasteiger partial charge in [-0.1, -0.05) is 0 Å². The fraction of sp³-hybridized carbons (Fsp3) is 0.125. The van der Waals surface area contributed by atoms with Crippen molar-refractivity contribution in [1.82, 2.24) is 4.57 Å². The van der Waals surface area contributed by atoms with Gasteiger partial charge in [0.25, 0.3) is 5.56 Å². The first-order chi connectivity index (χ1) is 10.9. The van der Waals surface area contributed by atoms with Crippen molar-refractivity contribution in [1.29, 1.82) is 0 Å². The number of nitrogens with one attached hydrogen (secondary N) is 1. The van der Waals surface area contributed by atoms with Crippen LogP contribution in [0.15, 0.2) is 41.3 Å². The molecule has 1 aromatic carbocycles. The maximum Gasteiger partial charge on any atom is 0.259 e. The number of pyridine rings is 1. The number of benzene rings is 1. The normalized spacial score (nSPS) is 10.9. The number of anilines is 1. The van der Waals surface area contributed by atoms with Crippen LogP contribution in [-0.2, 0) is 11.3 Å². The first-order valence-corrected chi connectivity index (χ1v) is 7.60. The molecule has 0 fully saturated rings. The van der Waals surface area contributed by atoms with Crippen LogP contribution in [0, 0.1) is 18.6 Å². The highest BCUT2D eigenvalue weighted by Gasteiger charge is 2.11. The van der Waals surface area contributed by atoms with Crippen molar-refractivity contribution in [3.63, 3.8) is 0 Å². The number of rotatable bonds is 3. The fourth-order valence-electron chi connectivity index (χ4n) is 2.27. The monoisotopic (exact) mass is 334 g/mol. The Kier molecular flexibility index (Phi) is 3.96. The molecule has 0 aliphatic rings. The molecule has 118 valence electrons. The second kappa shape index (κ2) is 5.92. The van der Waals surface area contributed by atoms with E-state index < -0.39 is 17.5 Å². The number of fused-ring (bicyclic) bond motifs is 1. The molecule has 1 amide bonds. The van der Waals surface area contributed by atoms with Crippen LogP contribution < -0.4 is 10.9 Å². The Hall–Kier alpha value is -2.54. The highest BCUT2D eigenvalue weighted by molar-refractivity contribution is 7.18. The molecule has 0 radical (unpaired) electrons. The van der Waals surface area contributed by atoms with Crippen molar-refractivity contribution in [2.75, 3.05) is 5.32 Å². The molecule has 4 nitrogen and oxygen atoms in total. The summed E-state index contributed by atoms with van der Waals surface area (Å²) in [5, 5.41) is 2.81. The molecule has 2 aromatic heterocycles. The molecule has 0 unspecified atom stereocenters. The molecule has 0 bridgehead atoms. The van der Waals surface area contributed by atoms with Crippen LogP contribution in [0.5, 0.6) is 0 Å². The van der Waals surface area contributed by atoms with Gasteiger partial charge in [-0.3, -0.25) is 9.59 Å². The minimum atomic E-state index is -0.740. The Labute approximate surface area is 134 Å². The van der Waals surface area contributed by atoms with E-state index in [1.165, 1.54) is 22.1 Å². The average molecular weight is 334 g/mol. The summed E-state index contributed by atoms with van der Waals surface area (Å²) in [6.07, 6.45) is 1.52. The summed E-state index contributed by atoms with van der Waals surface area (Å²) in [5.74, 6) is -2.01. The van der Waals surface area contributed by atoms with E-state index in [-0.39, 0.29) is 17.8 Å². The number of thiophene rings is 1. The minimum absolute atomic E-state index is 0.254. The molecule has 0 aliphatic heterocycles. The topological polar surface area (TPSA) is 51.1 Å². The number of nitrogens with zero attached hydrogens (tertiary/aromatic N) is 1. The average Bonchev–Trinajstić information content (AvgIpc) is 2.87. The van der Waals surface area contributed by atoms with Crippen molar-refractivity contribution in [2.24, 2.45) is 0 Å². The lowest BCUT2D eigenvalue weighted by Crippen LogP contribution is -2.27. The van der Waals surface area contributed by atoms with E-state index in [2.05, 4.69) is 5.32 Å². The van der Waals surface area contributed by atoms with Gasteiger partial charge < -0.3 is 9.88 Å². The van der Waals surface area contributed by atoms with Gasteiger partial charge in [0, 0.05) is 21.8 Å². The second-order valence-electron chi connectivity index (χ2n) is 5.06. The third-order valence-corrected chi connectivity index (χ3v) is 4.31. The number of hydrogen-bond donors (Lipinski definition) is 1. The third-order valence-electron chi connectivity index (χ3n) is 3.30. The van der Waals surface area contributed by atoms with Gasteiger partial charge in [0.15, 0.2) is 0 Å². The molecule has 0 saturated heterocycles. The molecule has 3 rings (SSSR count). The van der Waals surface area contributed by atoms with E-state index in [1.54, 1.807) is 12.1 Å². The quantitative estimate of drug-likeness (QED) is 0.799. The molecule has 3 aromatic rings. The largest absolute Gasteiger partial charge is 0.322 e. The van der Waals surface area contributed by atoms with E-state index in [1.807, 2.05) is 6.92 Å². The number of amides is 1. The molecule has 23 heavy (non-hydrogen) atoms. The zero-order valence-corrected chi connectivity index (χ0v) is 12.9. The number of halogens is 2. The number of aromatic nitrogens is 1. The Balaban J connectivity index is 1.84. The van der Waals surface area contributed by atoms with Gasteiger partial charge in [0.1, 0.15) is 18.2 Å². The van der Waals surface area contributed by atoms with Crippen molar-refractivity contribution < 1.29 is 13.6 Å². The van der Waals surface area contributed by atoms with Crippen molar-refractivity contribution in [3.05, 3.63) is 63.4 Å². The minimum Gasteiger partial charge on any atom is -0.322 e. The van der Waals surface area contributed by atoms with Crippen molar-refractivity contribution >= 4 is 33.0 Å². The number of carbonyl (C=O) groups excluding carboxylic acids is 1. The van der Waals surface area contributed by atoms with Crippen LogP contribution in [0.2, 0.25) is 0 Å². The van der Waals surface area contributed by atoms with E-state index in [4.69, 9.17) is 0 Å². The summed E-state index contributed by atoms with van der Waals surface area (Å²) in [7, 11) is 0. The molecule has 2 heterocycles. The molecule has 0 spiro atoms. The standard InChI is InChI=1S/C16H12F2N2O2S/c1-9-6-11-14(23-9)4-5-20(16(11)22)8-15(21)19-13-7-10(17)2-3-12(13)18/h2-7H,8H2,1H3,(H,19,21). The molecule has 1 N–H and O–H groups in total.